The Labute approximate surface area is 58.8 Å². The van der Waals surface area contributed by atoms with E-state index < -0.39 is 12.5 Å². The van der Waals surface area contributed by atoms with E-state index in [-0.39, 0.29) is 19.0 Å². The summed E-state index contributed by atoms with van der Waals surface area (Å²) >= 11 is 0. The second-order valence-corrected chi connectivity index (χ2v) is 1.45. The minimum absolute atomic E-state index is 0. The summed E-state index contributed by atoms with van der Waals surface area (Å²) in [5.41, 5.74) is 4.85. The lowest BCUT2D eigenvalue weighted by Crippen LogP contribution is -2.33. The Morgan fingerprint density at radius 2 is 2.00 bits per heavy atom. The molecule has 0 aliphatic carbocycles. The van der Waals surface area contributed by atoms with E-state index >= 15 is 0 Å². The summed E-state index contributed by atoms with van der Waals surface area (Å²) in [6, 6.07) is -1.14. The highest BCUT2D eigenvalue weighted by Gasteiger charge is 2.13. The van der Waals surface area contributed by atoms with Crippen molar-refractivity contribution in [3.8, 4) is 0 Å². The maximum absolute atomic E-state index is 11.4. The van der Waals surface area contributed by atoms with Gasteiger partial charge in [0.25, 0.3) is 6.43 Å². The molecule has 0 aliphatic heterocycles. The zero-order valence-corrected chi connectivity index (χ0v) is 5.83. The van der Waals surface area contributed by atoms with Gasteiger partial charge in [0.05, 0.1) is 12.6 Å². The van der Waals surface area contributed by atoms with Gasteiger partial charge in [-0.1, -0.05) is 0 Å². The van der Waals surface area contributed by atoms with Crippen molar-refractivity contribution in [2.75, 3.05) is 13.7 Å². The summed E-state index contributed by atoms with van der Waals surface area (Å²) in [6.07, 6.45) is -2.48. The third-order valence-electron chi connectivity index (χ3n) is 0.683. The lowest BCUT2D eigenvalue weighted by Gasteiger charge is -2.06. The Morgan fingerprint density at radius 3 is 2.11 bits per heavy atom. The van der Waals surface area contributed by atoms with Crippen molar-refractivity contribution in [1.29, 1.82) is 0 Å². The molecule has 0 aliphatic rings. The molecular formula is C4H10ClF2NO. The number of nitrogens with two attached hydrogens (primary N) is 1. The minimum Gasteiger partial charge on any atom is -0.383 e. The first-order chi connectivity index (χ1) is 3.68. The van der Waals surface area contributed by atoms with Crippen LogP contribution in [0.4, 0.5) is 8.78 Å². The van der Waals surface area contributed by atoms with E-state index in [0.717, 1.165) is 0 Å². The maximum atomic E-state index is 11.4. The first-order valence-corrected chi connectivity index (χ1v) is 2.21. The van der Waals surface area contributed by atoms with Crippen molar-refractivity contribution in [1.82, 2.24) is 0 Å². The van der Waals surface area contributed by atoms with Crippen molar-refractivity contribution in [2.45, 2.75) is 12.5 Å². The normalized spacial score (nSPS) is 13.0. The van der Waals surface area contributed by atoms with Crippen LogP contribution in [-0.2, 0) is 4.74 Å². The molecular weight excluding hydrogens is 151 g/mol. The topological polar surface area (TPSA) is 35.2 Å². The van der Waals surface area contributed by atoms with Gasteiger partial charge in [-0.15, -0.1) is 12.4 Å². The molecule has 1 atom stereocenters. The molecule has 2 nitrogen and oxygen atoms in total. The maximum Gasteiger partial charge on any atom is 0.255 e. The molecule has 0 aromatic carbocycles. The van der Waals surface area contributed by atoms with Crippen LogP contribution in [0.15, 0.2) is 0 Å². The van der Waals surface area contributed by atoms with E-state index in [9.17, 15) is 8.78 Å². The highest BCUT2D eigenvalue weighted by atomic mass is 35.5. The van der Waals surface area contributed by atoms with Gasteiger partial charge >= 0.3 is 0 Å². The van der Waals surface area contributed by atoms with Gasteiger partial charge in [0.15, 0.2) is 0 Å². The molecule has 0 heterocycles. The molecule has 0 aromatic heterocycles. The van der Waals surface area contributed by atoms with Crippen LogP contribution in [0.5, 0.6) is 0 Å². The Bertz CT molecular complexity index is 64.5. The quantitative estimate of drug-likeness (QED) is 0.660. The van der Waals surface area contributed by atoms with Crippen LogP contribution < -0.4 is 5.73 Å². The fourth-order valence-electron chi connectivity index (χ4n) is 0.265. The first-order valence-electron chi connectivity index (χ1n) is 2.21. The highest BCUT2D eigenvalue weighted by molar-refractivity contribution is 5.85. The molecule has 0 bridgehead atoms. The molecule has 0 amide bonds. The van der Waals surface area contributed by atoms with Crippen molar-refractivity contribution >= 4 is 12.4 Å². The smallest absolute Gasteiger partial charge is 0.255 e. The first kappa shape index (κ1) is 11.8. The van der Waals surface area contributed by atoms with Crippen LogP contribution in [0.25, 0.3) is 0 Å². The number of alkyl halides is 2. The average molecular weight is 162 g/mol. The molecule has 2 N–H and O–H groups in total. The number of hydrogen-bond donors (Lipinski definition) is 1. The summed E-state index contributed by atoms with van der Waals surface area (Å²) in [4.78, 5) is 0. The summed E-state index contributed by atoms with van der Waals surface area (Å²) in [5, 5.41) is 0. The van der Waals surface area contributed by atoms with Crippen molar-refractivity contribution < 1.29 is 13.5 Å². The third kappa shape index (κ3) is 5.95. The largest absolute Gasteiger partial charge is 0.383 e. The van der Waals surface area contributed by atoms with Crippen LogP contribution in [0.2, 0.25) is 0 Å². The average Bonchev–Trinajstić information content (AvgIpc) is 1.67. The van der Waals surface area contributed by atoms with Crippen LogP contribution in [0.3, 0.4) is 0 Å². The summed E-state index contributed by atoms with van der Waals surface area (Å²) in [7, 11) is 1.34. The Hall–Kier alpha value is 0.0700. The summed E-state index contributed by atoms with van der Waals surface area (Å²) in [5.74, 6) is 0. The molecule has 0 saturated carbocycles. The van der Waals surface area contributed by atoms with Gasteiger partial charge in [0.2, 0.25) is 0 Å². The van der Waals surface area contributed by atoms with E-state index in [0.29, 0.717) is 0 Å². The zero-order chi connectivity index (χ0) is 6.57. The summed E-state index contributed by atoms with van der Waals surface area (Å²) < 4.78 is 27.2. The molecule has 0 aromatic rings. The molecule has 5 heteroatoms. The molecule has 58 valence electrons. The predicted octanol–water partition coefficient (Wildman–Crippen LogP) is 0.647. The monoisotopic (exact) mass is 161 g/mol. The van der Waals surface area contributed by atoms with Gasteiger partial charge in [-0.05, 0) is 0 Å². The molecule has 0 radical (unpaired) electrons. The van der Waals surface area contributed by atoms with Crippen LogP contribution in [0.1, 0.15) is 0 Å². The number of hydrogen-bond acceptors (Lipinski definition) is 2. The van der Waals surface area contributed by atoms with Gasteiger partial charge in [-0.3, -0.25) is 0 Å². The molecule has 0 fully saturated rings. The third-order valence-corrected chi connectivity index (χ3v) is 0.683. The van der Waals surface area contributed by atoms with Crippen molar-refractivity contribution in [3.05, 3.63) is 0 Å². The van der Waals surface area contributed by atoms with E-state index in [2.05, 4.69) is 4.74 Å². The minimum atomic E-state index is -2.48. The molecule has 1 unspecified atom stereocenters. The van der Waals surface area contributed by atoms with E-state index in [1.807, 2.05) is 0 Å². The molecule has 0 rings (SSSR count). The van der Waals surface area contributed by atoms with Crippen LogP contribution in [0, 0.1) is 0 Å². The van der Waals surface area contributed by atoms with Crippen LogP contribution >= 0.6 is 12.4 Å². The standard InChI is InChI=1S/C4H9F2NO.ClH/c1-8-2-3(7)4(5)6;/h3-4H,2,7H2,1H3;1H. The zero-order valence-electron chi connectivity index (χ0n) is 5.01. The Morgan fingerprint density at radius 1 is 1.56 bits per heavy atom. The van der Waals surface area contributed by atoms with Crippen molar-refractivity contribution in [2.24, 2.45) is 5.73 Å². The van der Waals surface area contributed by atoms with Gasteiger partial charge in [-0.25, -0.2) is 8.78 Å². The number of halogens is 3. The van der Waals surface area contributed by atoms with E-state index in [1.165, 1.54) is 7.11 Å². The fourth-order valence-corrected chi connectivity index (χ4v) is 0.265. The Balaban J connectivity index is 0. The lowest BCUT2D eigenvalue weighted by atomic mass is 10.4. The SMILES string of the molecule is COCC(N)C(F)F.Cl. The predicted molar refractivity (Wildman–Crippen MR) is 33.1 cm³/mol. The van der Waals surface area contributed by atoms with Crippen LogP contribution in [-0.4, -0.2) is 26.2 Å². The Kier molecular flexibility index (Phi) is 8.13. The van der Waals surface area contributed by atoms with Gasteiger partial charge in [-0.2, -0.15) is 0 Å². The second-order valence-electron chi connectivity index (χ2n) is 1.45. The number of ether oxygens (including phenoxy) is 1. The molecule has 9 heavy (non-hydrogen) atoms. The fraction of sp³-hybridized carbons (Fsp3) is 1.00. The van der Waals surface area contributed by atoms with E-state index in [4.69, 9.17) is 5.73 Å². The van der Waals surface area contributed by atoms with Crippen molar-refractivity contribution in [3.63, 3.8) is 0 Å². The molecule has 0 spiro atoms. The number of rotatable bonds is 3. The molecule has 0 saturated heterocycles. The van der Waals surface area contributed by atoms with Gasteiger partial charge < -0.3 is 10.5 Å². The van der Waals surface area contributed by atoms with Gasteiger partial charge in [0.1, 0.15) is 0 Å². The number of methoxy groups -OCH3 is 1. The van der Waals surface area contributed by atoms with E-state index in [1.54, 1.807) is 0 Å². The highest BCUT2D eigenvalue weighted by Crippen LogP contribution is 1.96. The summed E-state index contributed by atoms with van der Waals surface area (Å²) in [6.45, 7) is -0.0856. The van der Waals surface area contributed by atoms with Gasteiger partial charge in [0, 0.05) is 7.11 Å². The second kappa shape index (κ2) is 6.19. The lowest BCUT2D eigenvalue weighted by molar-refractivity contribution is 0.0662.